The van der Waals surface area contributed by atoms with Crippen molar-refractivity contribution in [3.05, 3.63) is 77.0 Å². The van der Waals surface area contributed by atoms with Gasteiger partial charge in [0.1, 0.15) is 6.61 Å². The van der Waals surface area contributed by atoms with E-state index in [1.54, 1.807) is 30.3 Å². The highest BCUT2D eigenvalue weighted by Crippen LogP contribution is 2.19. The number of ether oxygens (including phenoxy) is 1. The average molecular weight is 320 g/mol. The Hall–Kier alpha value is -3.21. The number of pyridine rings is 1. The molecule has 0 spiro atoms. The first-order valence-corrected chi connectivity index (χ1v) is 7.47. The number of aromatic nitrogens is 1. The maximum absolute atomic E-state index is 12.4. The summed E-state index contributed by atoms with van der Waals surface area (Å²) in [5.41, 5.74) is 8.41. The molecule has 0 saturated carbocycles. The van der Waals surface area contributed by atoms with Crippen molar-refractivity contribution in [3.8, 4) is 0 Å². The van der Waals surface area contributed by atoms with Crippen LogP contribution in [0.2, 0.25) is 0 Å². The number of nitrogens with two attached hydrogens (primary N) is 1. The fraction of sp³-hybridized carbons (Fsp3) is 0.105. The molecule has 0 aliphatic heterocycles. The lowest BCUT2D eigenvalue weighted by atomic mass is 10.1. The molecular formula is C19H16N2O3. The lowest BCUT2D eigenvalue weighted by molar-refractivity contribution is 0.0474. The van der Waals surface area contributed by atoms with Crippen LogP contribution in [0, 0.1) is 6.92 Å². The molecule has 0 radical (unpaired) electrons. The van der Waals surface area contributed by atoms with Gasteiger partial charge in [-0.2, -0.15) is 0 Å². The molecule has 0 fully saturated rings. The number of benzene rings is 2. The molecule has 120 valence electrons. The van der Waals surface area contributed by atoms with Crippen LogP contribution in [0.15, 0.2) is 54.6 Å². The zero-order chi connectivity index (χ0) is 17.1. The number of carbonyl (C=O) groups is 2. The van der Waals surface area contributed by atoms with Crippen LogP contribution < -0.4 is 5.73 Å². The van der Waals surface area contributed by atoms with Gasteiger partial charge in [-0.25, -0.2) is 4.79 Å². The molecule has 5 nitrogen and oxygen atoms in total. The fourth-order valence-corrected chi connectivity index (χ4v) is 2.47. The maximum atomic E-state index is 12.4. The van der Waals surface area contributed by atoms with Crippen molar-refractivity contribution in [1.82, 2.24) is 4.98 Å². The third kappa shape index (κ3) is 3.25. The molecule has 0 saturated heterocycles. The van der Waals surface area contributed by atoms with Gasteiger partial charge in [0.05, 0.1) is 11.1 Å². The summed E-state index contributed by atoms with van der Waals surface area (Å²) in [4.78, 5) is 27.9. The summed E-state index contributed by atoms with van der Waals surface area (Å²) in [6, 6.07) is 15.8. The van der Waals surface area contributed by atoms with Crippen LogP contribution in [0.3, 0.4) is 0 Å². The molecule has 0 aliphatic rings. The summed E-state index contributed by atoms with van der Waals surface area (Å²) in [5.74, 6) is -0.895. The second kappa shape index (κ2) is 6.50. The minimum absolute atomic E-state index is 0.119. The van der Waals surface area contributed by atoms with E-state index in [2.05, 4.69) is 4.98 Å². The summed E-state index contributed by atoms with van der Waals surface area (Å²) < 4.78 is 5.39. The van der Waals surface area contributed by atoms with Gasteiger partial charge >= 0.3 is 5.97 Å². The van der Waals surface area contributed by atoms with E-state index in [0.29, 0.717) is 11.1 Å². The van der Waals surface area contributed by atoms with Crippen molar-refractivity contribution in [3.63, 3.8) is 0 Å². The number of carbonyl (C=O) groups excluding carboxylic acids is 2. The Morgan fingerprint density at radius 1 is 1.08 bits per heavy atom. The molecule has 1 aromatic heterocycles. The van der Waals surface area contributed by atoms with Crippen LogP contribution in [-0.2, 0) is 11.3 Å². The Balaban J connectivity index is 1.79. The number of esters is 1. The van der Waals surface area contributed by atoms with E-state index < -0.39 is 11.9 Å². The monoisotopic (exact) mass is 320 g/mol. The lowest BCUT2D eigenvalue weighted by Gasteiger charge is -2.09. The Kier molecular flexibility index (Phi) is 4.24. The standard InChI is InChI=1S/C19H16N2O3/c1-12-10-16(15-4-2-3-5-17(15)21-12)19(23)24-11-13-6-8-14(9-7-13)18(20)22/h2-10H,11H2,1H3,(H2,20,22). The van der Waals surface area contributed by atoms with Gasteiger partial charge < -0.3 is 10.5 Å². The van der Waals surface area contributed by atoms with Crippen LogP contribution in [0.1, 0.15) is 32.0 Å². The van der Waals surface area contributed by atoms with Gasteiger partial charge in [-0.05, 0) is 36.8 Å². The molecule has 1 amide bonds. The molecule has 2 N–H and O–H groups in total. The van der Waals surface area contributed by atoms with Crippen molar-refractivity contribution >= 4 is 22.8 Å². The lowest BCUT2D eigenvalue weighted by Crippen LogP contribution is -2.11. The van der Waals surface area contributed by atoms with E-state index in [9.17, 15) is 9.59 Å². The van der Waals surface area contributed by atoms with Gasteiger partial charge in [0.2, 0.25) is 5.91 Å². The minimum Gasteiger partial charge on any atom is -0.457 e. The maximum Gasteiger partial charge on any atom is 0.339 e. The van der Waals surface area contributed by atoms with Gasteiger partial charge in [0.15, 0.2) is 0 Å². The van der Waals surface area contributed by atoms with Crippen molar-refractivity contribution in [1.29, 1.82) is 0 Å². The quantitative estimate of drug-likeness (QED) is 0.749. The first-order valence-electron chi connectivity index (χ1n) is 7.47. The summed E-state index contributed by atoms with van der Waals surface area (Å²) in [6.45, 7) is 1.96. The van der Waals surface area contributed by atoms with Crippen molar-refractivity contribution in [2.24, 2.45) is 5.73 Å². The molecule has 0 atom stereocenters. The van der Waals surface area contributed by atoms with Crippen molar-refractivity contribution < 1.29 is 14.3 Å². The summed E-state index contributed by atoms with van der Waals surface area (Å²) in [6.07, 6.45) is 0. The summed E-state index contributed by atoms with van der Waals surface area (Å²) >= 11 is 0. The van der Waals surface area contributed by atoms with Crippen molar-refractivity contribution in [2.75, 3.05) is 0 Å². The Morgan fingerprint density at radius 2 is 1.79 bits per heavy atom. The number of rotatable bonds is 4. The summed E-state index contributed by atoms with van der Waals surface area (Å²) in [7, 11) is 0. The molecule has 5 heteroatoms. The van der Waals surface area contributed by atoms with E-state index in [1.165, 1.54) is 0 Å². The molecule has 0 unspecified atom stereocenters. The number of fused-ring (bicyclic) bond motifs is 1. The predicted octanol–water partition coefficient (Wildman–Crippen LogP) is 3.00. The number of para-hydroxylation sites is 1. The second-order valence-electron chi connectivity index (χ2n) is 5.47. The number of hydrogen-bond acceptors (Lipinski definition) is 4. The molecule has 0 aliphatic carbocycles. The van der Waals surface area contributed by atoms with Crippen LogP contribution in [0.4, 0.5) is 0 Å². The molecule has 0 bridgehead atoms. The van der Waals surface area contributed by atoms with E-state index in [4.69, 9.17) is 10.5 Å². The van der Waals surface area contributed by atoms with Gasteiger partial charge in [0.25, 0.3) is 0 Å². The van der Waals surface area contributed by atoms with E-state index in [0.717, 1.165) is 22.2 Å². The first-order chi connectivity index (χ1) is 11.5. The normalized spacial score (nSPS) is 10.5. The third-order valence-electron chi connectivity index (χ3n) is 3.67. The zero-order valence-electron chi connectivity index (χ0n) is 13.2. The number of amides is 1. The van der Waals surface area contributed by atoms with E-state index in [-0.39, 0.29) is 6.61 Å². The molecule has 24 heavy (non-hydrogen) atoms. The van der Waals surface area contributed by atoms with Gasteiger partial charge in [-0.1, -0.05) is 30.3 Å². The van der Waals surface area contributed by atoms with Gasteiger partial charge in [0, 0.05) is 16.6 Å². The van der Waals surface area contributed by atoms with Crippen molar-refractivity contribution in [2.45, 2.75) is 13.5 Å². The Labute approximate surface area is 139 Å². The molecule has 2 aromatic carbocycles. The van der Waals surface area contributed by atoms with E-state index in [1.807, 2.05) is 31.2 Å². The second-order valence-corrected chi connectivity index (χ2v) is 5.47. The highest BCUT2D eigenvalue weighted by atomic mass is 16.5. The van der Waals surface area contributed by atoms with Crippen LogP contribution in [-0.4, -0.2) is 16.9 Å². The van der Waals surface area contributed by atoms with Crippen LogP contribution >= 0.6 is 0 Å². The number of hydrogen-bond donors (Lipinski definition) is 1. The molecular weight excluding hydrogens is 304 g/mol. The minimum atomic E-state index is -0.489. The molecule has 3 aromatic rings. The molecule has 1 heterocycles. The average Bonchev–Trinajstić information content (AvgIpc) is 2.59. The highest BCUT2D eigenvalue weighted by molar-refractivity contribution is 6.03. The number of aryl methyl sites for hydroxylation is 1. The van der Waals surface area contributed by atoms with Gasteiger partial charge in [-0.15, -0.1) is 0 Å². The topological polar surface area (TPSA) is 82.3 Å². The SMILES string of the molecule is Cc1cc(C(=O)OCc2ccc(C(N)=O)cc2)c2ccccc2n1. The summed E-state index contributed by atoms with van der Waals surface area (Å²) in [5, 5.41) is 0.761. The first kappa shape index (κ1) is 15.7. The third-order valence-corrected chi connectivity index (χ3v) is 3.67. The smallest absolute Gasteiger partial charge is 0.339 e. The van der Waals surface area contributed by atoms with Crippen LogP contribution in [0.5, 0.6) is 0 Å². The van der Waals surface area contributed by atoms with Gasteiger partial charge in [-0.3, -0.25) is 9.78 Å². The predicted molar refractivity (Wildman–Crippen MR) is 90.6 cm³/mol. The molecule has 3 rings (SSSR count). The van der Waals surface area contributed by atoms with Crippen LogP contribution in [0.25, 0.3) is 10.9 Å². The fourth-order valence-electron chi connectivity index (χ4n) is 2.47. The number of nitrogens with zero attached hydrogens (tertiary/aromatic N) is 1. The number of primary amides is 1. The zero-order valence-corrected chi connectivity index (χ0v) is 13.2. The Bertz CT molecular complexity index is 918. The highest BCUT2D eigenvalue weighted by Gasteiger charge is 2.13. The largest absolute Gasteiger partial charge is 0.457 e. The van der Waals surface area contributed by atoms with E-state index >= 15 is 0 Å². The Morgan fingerprint density at radius 3 is 2.50 bits per heavy atom.